The number of nitrogens with zero attached hydrogens (tertiary/aromatic N) is 3. The molecule has 1 saturated heterocycles. The minimum Gasteiger partial charge on any atom is -0.478 e. The lowest BCUT2D eigenvalue weighted by atomic mass is 10.3. The number of carboxylic acids is 1. The number of hydrogen-bond donors (Lipinski definition) is 1. The van der Waals surface area contributed by atoms with E-state index in [1.807, 2.05) is 0 Å². The average molecular weight is 383 g/mol. The molecule has 1 N–H and O–H groups in total. The summed E-state index contributed by atoms with van der Waals surface area (Å²) in [4.78, 5) is 25.0. The van der Waals surface area contributed by atoms with Crippen LogP contribution in [0, 0.1) is 0 Å². The molecule has 1 amide bonds. The van der Waals surface area contributed by atoms with Crippen molar-refractivity contribution < 1.29 is 23.1 Å². The molecule has 0 spiro atoms. The van der Waals surface area contributed by atoms with E-state index in [2.05, 4.69) is 0 Å². The number of thiophene rings is 1. The van der Waals surface area contributed by atoms with Crippen LogP contribution in [0.5, 0.6) is 0 Å². The first-order valence-electron chi connectivity index (χ1n) is 7.53. The van der Waals surface area contributed by atoms with Gasteiger partial charge in [0, 0.05) is 44.8 Å². The van der Waals surface area contributed by atoms with E-state index in [0.717, 1.165) is 11.3 Å². The van der Waals surface area contributed by atoms with Gasteiger partial charge in [-0.3, -0.25) is 4.79 Å². The predicted octanol–water partition coefficient (Wildman–Crippen LogP) is 0.932. The number of rotatable bonds is 4. The van der Waals surface area contributed by atoms with Gasteiger partial charge in [0.2, 0.25) is 0 Å². The first kappa shape index (κ1) is 17.6. The third-order valence-electron chi connectivity index (χ3n) is 4.11. The average Bonchev–Trinajstić information content (AvgIpc) is 3.23. The first-order chi connectivity index (χ1) is 11.8. The first-order valence-corrected chi connectivity index (χ1v) is 9.85. The summed E-state index contributed by atoms with van der Waals surface area (Å²) in [5, 5.41) is 10.2. The molecule has 3 heterocycles. The fourth-order valence-corrected chi connectivity index (χ4v) is 5.40. The number of carboxylic acid groups (broad SMARTS) is 1. The van der Waals surface area contributed by atoms with E-state index >= 15 is 0 Å². The molecule has 3 rings (SSSR count). The van der Waals surface area contributed by atoms with Gasteiger partial charge in [-0.25, -0.2) is 13.2 Å². The number of sulfonamides is 1. The number of carbonyl (C=O) groups is 2. The molecule has 1 aliphatic heterocycles. The highest BCUT2D eigenvalue weighted by atomic mass is 32.2. The summed E-state index contributed by atoms with van der Waals surface area (Å²) in [6, 6.07) is 4.68. The fourth-order valence-electron chi connectivity index (χ4n) is 2.67. The topological polar surface area (TPSA) is 99.9 Å². The Labute approximate surface area is 148 Å². The van der Waals surface area contributed by atoms with E-state index in [-0.39, 0.29) is 28.8 Å². The van der Waals surface area contributed by atoms with Crippen LogP contribution in [0.4, 0.5) is 0 Å². The fraction of sp³-hybridized carbons (Fsp3) is 0.333. The van der Waals surface area contributed by atoms with Gasteiger partial charge in [-0.2, -0.15) is 4.31 Å². The van der Waals surface area contributed by atoms with Gasteiger partial charge in [-0.05, 0) is 18.2 Å². The van der Waals surface area contributed by atoms with Crippen LogP contribution in [0.2, 0.25) is 0 Å². The Balaban J connectivity index is 1.70. The second-order valence-electron chi connectivity index (χ2n) is 5.66. The Morgan fingerprint density at radius 3 is 2.40 bits per heavy atom. The van der Waals surface area contributed by atoms with Crippen LogP contribution in [0.15, 0.2) is 34.0 Å². The van der Waals surface area contributed by atoms with Crippen molar-refractivity contribution in [3.8, 4) is 0 Å². The van der Waals surface area contributed by atoms with Crippen molar-refractivity contribution in [2.45, 2.75) is 4.21 Å². The van der Waals surface area contributed by atoms with Gasteiger partial charge in [0.05, 0.1) is 5.56 Å². The summed E-state index contributed by atoms with van der Waals surface area (Å²) in [6.07, 6.45) is 1.78. The zero-order valence-corrected chi connectivity index (χ0v) is 15.1. The van der Waals surface area contributed by atoms with Gasteiger partial charge < -0.3 is 14.6 Å². The van der Waals surface area contributed by atoms with Crippen molar-refractivity contribution in [2.75, 3.05) is 26.2 Å². The Bertz CT molecular complexity index is 907. The molecule has 0 saturated carbocycles. The number of hydrogen-bond acceptors (Lipinski definition) is 5. The Morgan fingerprint density at radius 2 is 1.88 bits per heavy atom. The standard InChI is InChI=1S/C15H17N3O5S2/c1-16-4-2-3-12(16)14(19)17-5-7-18(8-6-17)25(22,23)13-9-11(10-24-13)15(20)21/h2-4,9-10H,5-8H2,1H3,(H,20,21). The highest BCUT2D eigenvalue weighted by Crippen LogP contribution is 2.25. The largest absolute Gasteiger partial charge is 0.478 e. The molecule has 8 nitrogen and oxygen atoms in total. The molecule has 2 aromatic rings. The van der Waals surface area contributed by atoms with Crippen LogP contribution in [0.25, 0.3) is 0 Å². The molecule has 0 bridgehead atoms. The second kappa shape index (κ2) is 6.62. The van der Waals surface area contributed by atoms with Gasteiger partial charge in [0.15, 0.2) is 0 Å². The summed E-state index contributed by atoms with van der Waals surface area (Å²) >= 11 is 0.891. The van der Waals surface area contributed by atoms with E-state index in [1.165, 1.54) is 15.8 Å². The lowest BCUT2D eigenvalue weighted by Gasteiger charge is -2.33. The molecule has 2 aromatic heterocycles. The van der Waals surface area contributed by atoms with Crippen LogP contribution in [-0.2, 0) is 17.1 Å². The van der Waals surface area contributed by atoms with E-state index in [1.54, 1.807) is 34.8 Å². The molecule has 134 valence electrons. The molecular formula is C15H17N3O5S2. The van der Waals surface area contributed by atoms with Crippen molar-refractivity contribution in [3.05, 3.63) is 41.0 Å². The minimum atomic E-state index is -3.74. The molecular weight excluding hydrogens is 366 g/mol. The van der Waals surface area contributed by atoms with Crippen molar-refractivity contribution in [3.63, 3.8) is 0 Å². The lowest BCUT2D eigenvalue weighted by molar-refractivity contribution is 0.0682. The van der Waals surface area contributed by atoms with Gasteiger partial charge in [0.25, 0.3) is 15.9 Å². The van der Waals surface area contributed by atoms with E-state index in [4.69, 9.17) is 5.11 Å². The summed E-state index contributed by atoms with van der Waals surface area (Å²) in [6.45, 7) is 0.943. The summed E-state index contributed by atoms with van der Waals surface area (Å²) < 4.78 is 28.3. The maximum atomic E-state index is 12.6. The lowest BCUT2D eigenvalue weighted by Crippen LogP contribution is -2.50. The van der Waals surface area contributed by atoms with Gasteiger partial charge in [-0.1, -0.05) is 0 Å². The van der Waals surface area contributed by atoms with E-state index in [9.17, 15) is 18.0 Å². The smallest absolute Gasteiger partial charge is 0.336 e. The SMILES string of the molecule is Cn1cccc1C(=O)N1CCN(S(=O)(=O)c2cc(C(=O)O)cs2)CC1. The van der Waals surface area contributed by atoms with Crippen LogP contribution in [0.3, 0.4) is 0 Å². The molecule has 0 atom stereocenters. The molecule has 1 fully saturated rings. The van der Waals surface area contributed by atoms with Crippen LogP contribution in [0.1, 0.15) is 20.8 Å². The Kier molecular flexibility index (Phi) is 4.67. The summed E-state index contributed by atoms with van der Waals surface area (Å²) in [5.74, 6) is -1.29. The van der Waals surface area contributed by atoms with Gasteiger partial charge >= 0.3 is 5.97 Å². The normalized spacial score (nSPS) is 16.1. The summed E-state index contributed by atoms with van der Waals surface area (Å²) in [5.41, 5.74) is 0.516. The maximum Gasteiger partial charge on any atom is 0.336 e. The highest BCUT2D eigenvalue weighted by molar-refractivity contribution is 7.91. The quantitative estimate of drug-likeness (QED) is 0.847. The summed E-state index contributed by atoms with van der Waals surface area (Å²) in [7, 11) is -1.96. The zero-order chi connectivity index (χ0) is 18.2. The number of piperazine rings is 1. The Hall–Kier alpha value is -2.17. The molecule has 0 aliphatic carbocycles. The third-order valence-corrected chi connectivity index (χ3v) is 7.42. The molecule has 10 heteroatoms. The Morgan fingerprint density at radius 1 is 1.20 bits per heavy atom. The molecule has 25 heavy (non-hydrogen) atoms. The van der Waals surface area contributed by atoms with Crippen LogP contribution in [-0.4, -0.2) is 65.4 Å². The number of aryl methyl sites for hydroxylation is 1. The molecule has 0 unspecified atom stereocenters. The molecule has 0 radical (unpaired) electrons. The number of aromatic nitrogens is 1. The van der Waals surface area contributed by atoms with Crippen molar-refractivity contribution >= 4 is 33.2 Å². The van der Waals surface area contributed by atoms with E-state index < -0.39 is 16.0 Å². The van der Waals surface area contributed by atoms with Crippen LogP contribution < -0.4 is 0 Å². The van der Waals surface area contributed by atoms with Crippen molar-refractivity contribution in [1.82, 2.24) is 13.8 Å². The number of aromatic carboxylic acids is 1. The second-order valence-corrected chi connectivity index (χ2v) is 8.74. The third kappa shape index (κ3) is 3.32. The van der Waals surface area contributed by atoms with Crippen LogP contribution >= 0.6 is 11.3 Å². The van der Waals surface area contributed by atoms with Crippen molar-refractivity contribution in [1.29, 1.82) is 0 Å². The minimum absolute atomic E-state index is 0.00658. The molecule has 1 aliphatic rings. The highest BCUT2D eigenvalue weighted by Gasteiger charge is 2.32. The monoisotopic (exact) mass is 383 g/mol. The van der Waals surface area contributed by atoms with Gasteiger partial charge in [-0.15, -0.1) is 11.3 Å². The van der Waals surface area contributed by atoms with Gasteiger partial charge in [0.1, 0.15) is 9.90 Å². The maximum absolute atomic E-state index is 12.6. The zero-order valence-electron chi connectivity index (χ0n) is 13.5. The number of carbonyl (C=O) groups excluding carboxylic acids is 1. The predicted molar refractivity (Wildman–Crippen MR) is 91.4 cm³/mol. The molecule has 0 aromatic carbocycles. The van der Waals surface area contributed by atoms with Crippen molar-refractivity contribution in [2.24, 2.45) is 7.05 Å². The van der Waals surface area contributed by atoms with E-state index in [0.29, 0.717) is 18.8 Å². The number of amides is 1.